The fourth-order valence-electron chi connectivity index (χ4n) is 3.36. The van der Waals surface area contributed by atoms with E-state index >= 15 is 0 Å². The number of benzene rings is 1. The molecule has 1 aliphatic rings. The Morgan fingerprint density at radius 2 is 1.94 bits per heavy atom. The predicted molar refractivity (Wildman–Crippen MR) is 118 cm³/mol. The van der Waals surface area contributed by atoms with E-state index in [1.165, 1.54) is 36.7 Å². The van der Waals surface area contributed by atoms with Gasteiger partial charge in [-0.05, 0) is 42.1 Å². The van der Waals surface area contributed by atoms with Crippen molar-refractivity contribution in [3.63, 3.8) is 0 Å². The number of carbonyl (C=O) groups excluding carboxylic acids is 2. The molecule has 3 aromatic rings. The van der Waals surface area contributed by atoms with Crippen molar-refractivity contribution in [2.24, 2.45) is 4.99 Å². The molecule has 0 bridgehead atoms. The van der Waals surface area contributed by atoms with Crippen LogP contribution in [0.4, 0.5) is 0 Å². The number of hydrogen-bond acceptors (Lipinski definition) is 8. The maximum atomic E-state index is 13.3. The number of esters is 2. The van der Waals surface area contributed by atoms with Crippen molar-refractivity contribution in [3.8, 4) is 5.75 Å². The Morgan fingerprint density at radius 1 is 1.19 bits per heavy atom. The topological polar surface area (TPSA) is 87.0 Å². The Morgan fingerprint density at radius 3 is 2.55 bits per heavy atom. The number of fused-ring (bicyclic) bond motifs is 1. The first kappa shape index (κ1) is 21.0. The summed E-state index contributed by atoms with van der Waals surface area (Å²) in [6.45, 7) is 3.08. The molecular formula is C22H18N2O5S2. The van der Waals surface area contributed by atoms with Crippen molar-refractivity contribution in [3.05, 3.63) is 83.2 Å². The molecule has 0 unspecified atom stereocenters. The highest BCUT2D eigenvalue weighted by Gasteiger charge is 2.33. The third kappa shape index (κ3) is 4.01. The monoisotopic (exact) mass is 454 g/mol. The summed E-state index contributed by atoms with van der Waals surface area (Å²) in [7, 11) is 1.32. The average Bonchev–Trinajstić information content (AvgIpc) is 3.36. The molecule has 0 spiro atoms. The van der Waals surface area contributed by atoms with Gasteiger partial charge in [-0.25, -0.2) is 9.79 Å². The Hall–Kier alpha value is -3.30. The van der Waals surface area contributed by atoms with Crippen molar-refractivity contribution in [1.29, 1.82) is 0 Å². The standard InChI is InChI=1S/C22H18N2O5S2/c1-12-18(21(27)28-3)19(16-5-4-10-30-16)24-20(26)17(31-22(24)23-12)11-14-6-8-15(9-7-14)29-13(2)25/h4-11,19H,1-3H3/b17-11+/t19-/m1/s1. The molecule has 2 aromatic heterocycles. The van der Waals surface area contributed by atoms with Crippen LogP contribution in [0.1, 0.15) is 30.3 Å². The number of rotatable bonds is 4. The molecule has 4 rings (SSSR count). The number of thiophene rings is 1. The Bertz CT molecular complexity index is 1360. The zero-order valence-electron chi connectivity index (χ0n) is 16.9. The molecule has 7 nitrogen and oxygen atoms in total. The van der Waals surface area contributed by atoms with Gasteiger partial charge in [0.1, 0.15) is 11.8 Å². The third-order valence-corrected chi connectivity index (χ3v) is 6.59. The summed E-state index contributed by atoms with van der Waals surface area (Å²) in [6.07, 6.45) is 1.75. The van der Waals surface area contributed by atoms with Crippen molar-refractivity contribution < 1.29 is 19.1 Å². The SMILES string of the molecule is COC(=O)C1=C(C)N=c2s/c(=C/c3ccc(OC(C)=O)cc3)c(=O)n2[C@@H]1c1cccs1. The average molecular weight is 455 g/mol. The van der Waals surface area contributed by atoms with Crippen molar-refractivity contribution in [1.82, 2.24) is 4.57 Å². The van der Waals surface area contributed by atoms with Crippen LogP contribution in [0.15, 0.2) is 62.8 Å². The van der Waals surface area contributed by atoms with Crippen LogP contribution in [0, 0.1) is 0 Å². The minimum Gasteiger partial charge on any atom is -0.466 e. The minimum atomic E-state index is -0.586. The molecule has 158 valence electrons. The van der Waals surface area contributed by atoms with Crippen LogP contribution < -0.4 is 19.6 Å². The predicted octanol–water partition coefficient (Wildman–Crippen LogP) is 2.40. The number of aromatic nitrogens is 1. The zero-order valence-corrected chi connectivity index (χ0v) is 18.6. The first-order valence-electron chi connectivity index (χ1n) is 9.32. The lowest BCUT2D eigenvalue weighted by Gasteiger charge is -2.22. The fourth-order valence-corrected chi connectivity index (χ4v) is 5.23. The molecule has 0 aliphatic carbocycles. The molecule has 0 radical (unpaired) electrons. The normalized spacial score (nSPS) is 16.0. The molecule has 1 aliphatic heterocycles. The molecule has 0 fully saturated rings. The first-order valence-corrected chi connectivity index (χ1v) is 11.0. The van der Waals surface area contributed by atoms with Crippen molar-refractivity contribution >= 4 is 40.7 Å². The summed E-state index contributed by atoms with van der Waals surface area (Å²) in [5.74, 6) is -0.469. The largest absolute Gasteiger partial charge is 0.466 e. The highest BCUT2D eigenvalue weighted by Crippen LogP contribution is 2.32. The first-order chi connectivity index (χ1) is 14.9. The van der Waals surface area contributed by atoms with E-state index in [9.17, 15) is 14.4 Å². The second kappa shape index (κ2) is 8.44. The number of methoxy groups -OCH3 is 1. The van der Waals surface area contributed by atoms with E-state index in [-0.39, 0.29) is 5.56 Å². The van der Waals surface area contributed by atoms with E-state index in [0.29, 0.717) is 26.4 Å². The molecule has 0 saturated carbocycles. The third-order valence-electron chi connectivity index (χ3n) is 4.68. The van der Waals surface area contributed by atoms with Gasteiger partial charge in [0.05, 0.1) is 22.9 Å². The highest BCUT2D eigenvalue weighted by molar-refractivity contribution is 7.10. The lowest BCUT2D eigenvalue weighted by Crippen LogP contribution is -2.39. The van der Waals surface area contributed by atoms with E-state index in [2.05, 4.69) is 4.99 Å². The van der Waals surface area contributed by atoms with Crippen LogP contribution in [0.25, 0.3) is 6.08 Å². The van der Waals surface area contributed by atoms with Crippen molar-refractivity contribution in [2.45, 2.75) is 19.9 Å². The van der Waals surface area contributed by atoms with E-state index in [4.69, 9.17) is 9.47 Å². The Labute approximate surface area is 185 Å². The number of hydrogen-bond donors (Lipinski definition) is 0. The number of allylic oxidation sites excluding steroid dienone is 1. The molecule has 3 heterocycles. The van der Waals surface area contributed by atoms with Gasteiger partial charge in [-0.15, -0.1) is 11.3 Å². The number of carbonyl (C=O) groups is 2. The Balaban J connectivity index is 1.85. The summed E-state index contributed by atoms with van der Waals surface area (Å²) in [4.78, 5) is 42.8. The lowest BCUT2D eigenvalue weighted by atomic mass is 10.0. The zero-order chi connectivity index (χ0) is 22.1. The second-order valence-electron chi connectivity index (χ2n) is 6.75. The molecule has 0 N–H and O–H groups in total. The fraction of sp³-hybridized carbons (Fsp3) is 0.182. The van der Waals surface area contributed by atoms with Crippen LogP contribution >= 0.6 is 22.7 Å². The number of thiazole rings is 1. The van der Waals surface area contributed by atoms with E-state index < -0.39 is 18.0 Å². The van der Waals surface area contributed by atoms with Crippen LogP contribution in [0.5, 0.6) is 5.75 Å². The van der Waals surface area contributed by atoms with Gasteiger partial charge in [0.15, 0.2) is 4.80 Å². The minimum absolute atomic E-state index is 0.236. The molecule has 0 saturated heterocycles. The van der Waals surface area contributed by atoms with Crippen LogP contribution in [0.3, 0.4) is 0 Å². The quantitative estimate of drug-likeness (QED) is 0.446. The summed E-state index contributed by atoms with van der Waals surface area (Å²) in [5.41, 5.74) is 1.43. The van der Waals surface area contributed by atoms with Gasteiger partial charge >= 0.3 is 11.9 Å². The summed E-state index contributed by atoms with van der Waals surface area (Å²) in [6, 6.07) is 10.0. The maximum Gasteiger partial charge on any atom is 0.338 e. The van der Waals surface area contributed by atoms with Gasteiger partial charge in [0, 0.05) is 11.8 Å². The molecule has 1 atom stereocenters. The van der Waals surface area contributed by atoms with Gasteiger partial charge in [0.2, 0.25) is 0 Å². The van der Waals surface area contributed by atoms with Crippen molar-refractivity contribution in [2.75, 3.05) is 7.11 Å². The van der Waals surface area contributed by atoms with Crippen LogP contribution in [-0.2, 0) is 14.3 Å². The van der Waals surface area contributed by atoms with Gasteiger partial charge in [0.25, 0.3) is 5.56 Å². The summed E-state index contributed by atoms with van der Waals surface area (Å²) < 4.78 is 12.1. The van der Waals surface area contributed by atoms with Gasteiger partial charge in [-0.1, -0.05) is 29.5 Å². The Kier molecular flexibility index (Phi) is 5.71. The number of nitrogens with zero attached hydrogens (tertiary/aromatic N) is 2. The molecule has 1 aromatic carbocycles. The van der Waals surface area contributed by atoms with Gasteiger partial charge < -0.3 is 9.47 Å². The molecule has 31 heavy (non-hydrogen) atoms. The molecule has 0 amide bonds. The van der Waals surface area contributed by atoms with Crippen LogP contribution in [0.2, 0.25) is 0 Å². The summed E-state index contributed by atoms with van der Waals surface area (Å²) >= 11 is 2.72. The van der Waals surface area contributed by atoms with E-state index in [1.807, 2.05) is 17.5 Å². The van der Waals surface area contributed by atoms with Gasteiger partial charge in [-0.2, -0.15) is 0 Å². The molecule has 9 heteroatoms. The highest BCUT2D eigenvalue weighted by atomic mass is 32.1. The lowest BCUT2D eigenvalue weighted by molar-refractivity contribution is -0.136. The molecular weight excluding hydrogens is 436 g/mol. The van der Waals surface area contributed by atoms with Crippen LogP contribution in [-0.4, -0.2) is 23.6 Å². The smallest absolute Gasteiger partial charge is 0.338 e. The number of ether oxygens (including phenoxy) is 2. The van der Waals surface area contributed by atoms with E-state index in [0.717, 1.165) is 10.4 Å². The van der Waals surface area contributed by atoms with E-state index in [1.54, 1.807) is 41.8 Å². The van der Waals surface area contributed by atoms with Gasteiger partial charge in [-0.3, -0.25) is 14.2 Å². The maximum absolute atomic E-state index is 13.3. The summed E-state index contributed by atoms with van der Waals surface area (Å²) in [5, 5.41) is 1.90. The second-order valence-corrected chi connectivity index (χ2v) is 8.74.